The maximum Gasteiger partial charge on any atom is 0.201 e. The average molecular weight is 356 g/mol. The Labute approximate surface area is 154 Å². The van der Waals surface area contributed by atoms with Crippen LogP contribution in [0.5, 0.6) is 0 Å². The number of H-pyrrole nitrogens is 1. The van der Waals surface area contributed by atoms with Crippen LogP contribution in [0.1, 0.15) is 11.3 Å². The number of anilines is 2. The minimum absolute atomic E-state index is 0.579. The smallest absolute Gasteiger partial charge is 0.201 e. The molecule has 5 rings (SSSR count). The van der Waals surface area contributed by atoms with E-state index in [1.54, 1.807) is 18.6 Å². The fourth-order valence-corrected chi connectivity index (χ4v) is 3.14. The highest BCUT2D eigenvalue weighted by molar-refractivity contribution is 5.89. The highest BCUT2D eigenvalue weighted by Crippen LogP contribution is 2.27. The summed E-state index contributed by atoms with van der Waals surface area (Å²) in [5.74, 6) is 1.52. The molecule has 0 saturated heterocycles. The van der Waals surface area contributed by atoms with Crippen LogP contribution in [0.15, 0.2) is 48.9 Å². The molecule has 0 saturated carbocycles. The number of benzene rings is 1. The van der Waals surface area contributed by atoms with E-state index in [0.717, 1.165) is 33.7 Å². The van der Waals surface area contributed by atoms with E-state index in [1.165, 1.54) is 0 Å². The molecule has 0 atom stereocenters. The van der Waals surface area contributed by atoms with E-state index >= 15 is 0 Å². The maximum absolute atomic E-state index is 4.67. The first-order chi connectivity index (χ1) is 13.2. The number of nitrogens with zero attached hydrogens (tertiary/aromatic N) is 6. The fourth-order valence-electron chi connectivity index (χ4n) is 3.14. The zero-order valence-electron chi connectivity index (χ0n) is 14.8. The van der Waals surface area contributed by atoms with Crippen molar-refractivity contribution in [2.24, 2.45) is 0 Å². The molecule has 1 aromatic carbocycles. The number of hydrogen-bond acceptors (Lipinski definition) is 6. The third kappa shape index (κ3) is 2.58. The summed E-state index contributed by atoms with van der Waals surface area (Å²) in [4.78, 5) is 13.0. The molecular weight excluding hydrogens is 340 g/mol. The summed E-state index contributed by atoms with van der Waals surface area (Å²) in [7, 11) is 0. The second-order valence-electron chi connectivity index (χ2n) is 6.37. The van der Waals surface area contributed by atoms with E-state index in [0.29, 0.717) is 17.0 Å². The van der Waals surface area contributed by atoms with Gasteiger partial charge in [-0.15, -0.1) is 0 Å². The molecule has 8 nitrogen and oxygen atoms in total. The molecule has 0 aliphatic rings. The van der Waals surface area contributed by atoms with Crippen molar-refractivity contribution < 1.29 is 0 Å². The second-order valence-corrected chi connectivity index (χ2v) is 6.37. The Morgan fingerprint density at radius 1 is 0.963 bits per heavy atom. The molecule has 0 fully saturated rings. The van der Waals surface area contributed by atoms with E-state index < -0.39 is 0 Å². The van der Waals surface area contributed by atoms with Crippen LogP contribution in [0.25, 0.3) is 27.9 Å². The number of aromatic amines is 1. The third-order valence-electron chi connectivity index (χ3n) is 4.44. The van der Waals surface area contributed by atoms with Crippen LogP contribution in [0.3, 0.4) is 0 Å². The predicted molar refractivity (Wildman–Crippen MR) is 103 cm³/mol. The first-order valence-corrected chi connectivity index (χ1v) is 8.53. The van der Waals surface area contributed by atoms with E-state index in [2.05, 4.69) is 41.6 Å². The van der Waals surface area contributed by atoms with Gasteiger partial charge in [-0.2, -0.15) is 10.2 Å². The first kappa shape index (κ1) is 15.4. The number of nitrogens with one attached hydrogen (secondary N) is 2. The van der Waals surface area contributed by atoms with Crippen molar-refractivity contribution in [3.63, 3.8) is 0 Å². The molecule has 0 aliphatic carbocycles. The molecular formula is C19H16N8. The molecule has 0 amide bonds. The molecule has 0 radical (unpaired) electrons. The Morgan fingerprint density at radius 3 is 2.74 bits per heavy atom. The Balaban J connectivity index is 1.57. The summed E-state index contributed by atoms with van der Waals surface area (Å²) in [6.07, 6.45) is 5.07. The van der Waals surface area contributed by atoms with Crippen LogP contribution in [0.4, 0.5) is 11.5 Å². The fraction of sp³-hybridized carbons (Fsp3) is 0.105. The minimum atomic E-state index is 0.579. The van der Waals surface area contributed by atoms with Crippen molar-refractivity contribution in [1.29, 1.82) is 0 Å². The molecule has 0 unspecified atom stereocenters. The van der Waals surface area contributed by atoms with Crippen molar-refractivity contribution in [2.75, 3.05) is 5.32 Å². The lowest BCUT2D eigenvalue weighted by molar-refractivity contribution is 0.855. The van der Waals surface area contributed by atoms with Crippen LogP contribution in [-0.4, -0.2) is 34.9 Å². The molecule has 27 heavy (non-hydrogen) atoms. The van der Waals surface area contributed by atoms with Gasteiger partial charge in [0, 0.05) is 29.7 Å². The largest absolute Gasteiger partial charge is 0.339 e. The Kier molecular flexibility index (Phi) is 3.36. The van der Waals surface area contributed by atoms with Crippen molar-refractivity contribution in [3.8, 4) is 5.82 Å². The summed E-state index contributed by atoms with van der Waals surface area (Å²) in [6, 6.07) is 10.1. The topological polar surface area (TPSA) is 97.2 Å². The van der Waals surface area contributed by atoms with E-state index in [1.807, 2.05) is 42.8 Å². The Hall–Kier alpha value is -3.81. The number of fused-ring (bicyclic) bond motifs is 2. The molecule has 132 valence electrons. The van der Waals surface area contributed by atoms with Gasteiger partial charge in [0.1, 0.15) is 0 Å². The summed E-state index contributed by atoms with van der Waals surface area (Å²) in [6.45, 7) is 4.04. The van der Waals surface area contributed by atoms with Gasteiger partial charge in [-0.25, -0.2) is 19.6 Å². The van der Waals surface area contributed by atoms with Gasteiger partial charge in [0.25, 0.3) is 0 Å². The number of rotatable bonds is 3. The lowest BCUT2D eigenvalue weighted by atomic mass is 10.2. The number of hydrogen-bond donors (Lipinski definition) is 2. The summed E-state index contributed by atoms with van der Waals surface area (Å²) in [5, 5.41) is 16.2. The van der Waals surface area contributed by atoms with Gasteiger partial charge < -0.3 is 5.32 Å². The third-order valence-corrected chi connectivity index (χ3v) is 4.44. The van der Waals surface area contributed by atoms with Crippen molar-refractivity contribution in [1.82, 2.24) is 34.9 Å². The number of aryl methyl sites for hydroxylation is 2. The van der Waals surface area contributed by atoms with Crippen LogP contribution in [0.2, 0.25) is 0 Å². The van der Waals surface area contributed by atoms with Gasteiger partial charge in [-0.1, -0.05) is 0 Å². The molecule has 2 N–H and O–H groups in total. The Bertz CT molecular complexity index is 1280. The number of pyridine rings is 1. The van der Waals surface area contributed by atoms with Crippen molar-refractivity contribution in [3.05, 3.63) is 60.2 Å². The summed E-state index contributed by atoms with van der Waals surface area (Å²) < 4.78 is 1.87. The summed E-state index contributed by atoms with van der Waals surface area (Å²) in [5.41, 5.74) is 5.28. The average Bonchev–Trinajstić information content (AvgIpc) is 3.23. The SMILES string of the molecule is Cc1ccnc(-n2nc(C)c3cc(Nc4[nH]nc5nccnc45)ccc32)c1. The van der Waals surface area contributed by atoms with Crippen molar-refractivity contribution >= 4 is 33.6 Å². The highest BCUT2D eigenvalue weighted by Gasteiger charge is 2.12. The Morgan fingerprint density at radius 2 is 1.85 bits per heavy atom. The second kappa shape index (κ2) is 5.87. The van der Waals surface area contributed by atoms with Crippen LogP contribution in [0, 0.1) is 13.8 Å². The monoisotopic (exact) mass is 356 g/mol. The van der Waals surface area contributed by atoms with Gasteiger partial charge in [0.05, 0.1) is 11.2 Å². The highest BCUT2D eigenvalue weighted by atomic mass is 15.3. The standard InChI is InChI=1S/C19H16N8/c1-11-5-6-20-16(9-11)27-15-4-3-13(10-14(15)12(2)26-27)23-19-17-18(24-25-19)22-8-7-21-17/h3-10H,1-2H3,(H2,22,23,24,25). The van der Waals surface area contributed by atoms with E-state index in [4.69, 9.17) is 0 Å². The zero-order chi connectivity index (χ0) is 18.4. The maximum atomic E-state index is 4.67. The number of aromatic nitrogens is 7. The van der Waals surface area contributed by atoms with Gasteiger partial charge in [-0.3, -0.25) is 5.10 Å². The molecule has 4 aromatic heterocycles. The van der Waals surface area contributed by atoms with E-state index in [9.17, 15) is 0 Å². The lowest BCUT2D eigenvalue weighted by Gasteiger charge is -2.06. The van der Waals surface area contributed by atoms with Gasteiger partial charge >= 0.3 is 0 Å². The summed E-state index contributed by atoms with van der Waals surface area (Å²) >= 11 is 0. The zero-order valence-corrected chi connectivity index (χ0v) is 14.8. The van der Waals surface area contributed by atoms with Gasteiger partial charge in [-0.05, 0) is 49.7 Å². The molecule has 5 aromatic rings. The van der Waals surface area contributed by atoms with E-state index in [-0.39, 0.29) is 0 Å². The molecule has 4 heterocycles. The predicted octanol–water partition coefficient (Wildman–Crippen LogP) is 3.45. The van der Waals surface area contributed by atoms with Crippen LogP contribution in [-0.2, 0) is 0 Å². The van der Waals surface area contributed by atoms with Gasteiger partial charge in [0.15, 0.2) is 17.2 Å². The quantitative estimate of drug-likeness (QED) is 0.514. The van der Waals surface area contributed by atoms with Crippen molar-refractivity contribution in [2.45, 2.75) is 13.8 Å². The minimum Gasteiger partial charge on any atom is -0.339 e. The molecule has 0 spiro atoms. The molecule has 8 heteroatoms. The van der Waals surface area contributed by atoms with Gasteiger partial charge in [0.2, 0.25) is 5.65 Å². The normalized spacial score (nSPS) is 11.3. The molecule has 0 aliphatic heterocycles. The first-order valence-electron chi connectivity index (χ1n) is 8.53. The molecule has 0 bridgehead atoms. The van der Waals surface area contributed by atoms with Crippen LogP contribution >= 0.6 is 0 Å². The lowest BCUT2D eigenvalue weighted by Crippen LogP contribution is -1.99. The van der Waals surface area contributed by atoms with Crippen LogP contribution < -0.4 is 5.32 Å².